The van der Waals surface area contributed by atoms with Gasteiger partial charge in [0, 0.05) is 12.1 Å². The van der Waals surface area contributed by atoms with Gasteiger partial charge >= 0.3 is 0 Å². The lowest BCUT2D eigenvalue weighted by molar-refractivity contribution is 0.105. The topological polar surface area (TPSA) is 3.24 Å². The molecule has 0 rings (SSSR count). The van der Waals surface area contributed by atoms with E-state index in [9.17, 15) is 0 Å². The van der Waals surface area contributed by atoms with E-state index in [4.69, 9.17) is 0 Å². The van der Waals surface area contributed by atoms with Crippen molar-refractivity contribution in [3.63, 3.8) is 0 Å². The van der Waals surface area contributed by atoms with Crippen molar-refractivity contribution in [1.29, 1.82) is 0 Å². The van der Waals surface area contributed by atoms with Crippen LogP contribution >= 0.6 is 0 Å². The van der Waals surface area contributed by atoms with Crippen LogP contribution in [0.4, 0.5) is 0 Å². The van der Waals surface area contributed by atoms with E-state index in [-0.39, 0.29) is 0 Å². The van der Waals surface area contributed by atoms with Crippen LogP contribution in [0.15, 0.2) is 0 Å². The van der Waals surface area contributed by atoms with Crippen LogP contribution in [0.25, 0.3) is 0 Å². The number of nitrogens with zero attached hydrogens (tertiary/aromatic N) is 1. The van der Waals surface area contributed by atoms with Gasteiger partial charge < -0.3 is 0 Å². The Morgan fingerprint density at radius 1 is 1.07 bits per heavy atom. The van der Waals surface area contributed by atoms with Crippen molar-refractivity contribution in [3.05, 3.63) is 0 Å². The molecule has 0 aromatic heterocycles. The van der Waals surface area contributed by atoms with Crippen LogP contribution < -0.4 is 0 Å². The Labute approximate surface area is 90.9 Å². The standard InChI is InChI=1S/C13H29N/c1-8-9-14(13(5,6)7)10-12(4)11(2)3/h11-12H,8-10H2,1-7H3. The smallest absolute Gasteiger partial charge is 0.0125 e. The molecule has 0 spiro atoms. The van der Waals surface area contributed by atoms with E-state index >= 15 is 0 Å². The normalized spacial score (nSPS) is 15.2. The quantitative estimate of drug-likeness (QED) is 0.651. The Balaban J connectivity index is 4.23. The summed E-state index contributed by atoms with van der Waals surface area (Å²) < 4.78 is 0. The van der Waals surface area contributed by atoms with Crippen molar-refractivity contribution in [2.45, 2.75) is 60.4 Å². The van der Waals surface area contributed by atoms with Gasteiger partial charge in [0.25, 0.3) is 0 Å². The molecule has 0 bridgehead atoms. The van der Waals surface area contributed by atoms with Gasteiger partial charge in [-0.2, -0.15) is 0 Å². The minimum atomic E-state index is 0.319. The second-order valence-electron chi connectivity index (χ2n) is 5.84. The second kappa shape index (κ2) is 5.75. The lowest BCUT2D eigenvalue weighted by Gasteiger charge is -2.38. The molecule has 0 aliphatic heterocycles. The monoisotopic (exact) mass is 199 g/mol. The van der Waals surface area contributed by atoms with Crippen molar-refractivity contribution in [1.82, 2.24) is 4.90 Å². The molecular formula is C13H29N. The fraction of sp³-hybridized carbons (Fsp3) is 1.00. The van der Waals surface area contributed by atoms with Gasteiger partial charge in [-0.1, -0.05) is 27.7 Å². The maximum atomic E-state index is 2.61. The molecule has 0 aromatic carbocycles. The van der Waals surface area contributed by atoms with Gasteiger partial charge in [0.05, 0.1) is 0 Å². The van der Waals surface area contributed by atoms with Gasteiger partial charge in [-0.3, -0.25) is 4.90 Å². The van der Waals surface area contributed by atoms with Gasteiger partial charge in [0.1, 0.15) is 0 Å². The average molecular weight is 199 g/mol. The third kappa shape index (κ3) is 4.99. The zero-order valence-electron chi connectivity index (χ0n) is 11.2. The molecule has 0 fully saturated rings. The molecule has 1 nitrogen and oxygen atoms in total. The average Bonchev–Trinajstić information content (AvgIpc) is 2.01. The van der Waals surface area contributed by atoms with E-state index in [0.717, 1.165) is 11.8 Å². The molecule has 1 unspecified atom stereocenters. The first-order chi connectivity index (χ1) is 6.29. The summed E-state index contributed by atoms with van der Waals surface area (Å²) in [7, 11) is 0. The number of rotatable bonds is 5. The molecule has 0 saturated carbocycles. The van der Waals surface area contributed by atoms with Crippen molar-refractivity contribution in [2.75, 3.05) is 13.1 Å². The Morgan fingerprint density at radius 3 is 1.86 bits per heavy atom. The summed E-state index contributed by atoms with van der Waals surface area (Å²) in [4.78, 5) is 2.61. The molecule has 0 N–H and O–H groups in total. The summed E-state index contributed by atoms with van der Waals surface area (Å²) >= 11 is 0. The maximum absolute atomic E-state index is 2.61. The maximum Gasteiger partial charge on any atom is 0.0125 e. The van der Waals surface area contributed by atoms with E-state index in [1.54, 1.807) is 0 Å². The molecule has 0 aliphatic carbocycles. The minimum absolute atomic E-state index is 0.319. The summed E-state index contributed by atoms with van der Waals surface area (Å²) in [5.74, 6) is 1.58. The third-order valence-corrected chi connectivity index (χ3v) is 3.09. The Morgan fingerprint density at radius 2 is 1.57 bits per heavy atom. The van der Waals surface area contributed by atoms with E-state index in [2.05, 4.69) is 53.4 Å². The third-order valence-electron chi connectivity index (χ3n) is 3.09. The zero-order chi connectivity index (χ0) is 11.4. The summed E-state index contributed by atoms with van der Waals surface area (Å²) in [5, 5.41) is 0. The molecule has 0 saturated heterocycles. The summed E-state index contributed by atoms with van der Waals surface area (Å²) in [5.41, 5.74) is 0.319. The van der Waals surface area contributed by atoms with Gasteiger partial charge in [0.2, 0.25) is 0 Å². The van der Waals surface area contributed by atoms with Crippen molar-refractivity contribution in [3.8, 4) is 0 Å². The van der Waals surface area contributed by atoms with Gasteiger partial charge in [0.15, 0.2) is 0 Å². The van der Waals surface area contributed by atoms with Crippen molar-refractivity contribution >= 4 is 0 Å². The summed E-state index contributed by atoms with van der Waals surface area (Å²) in [6.45, 7) is 18.7. The highest BCUT2D eigenvalue weighted by atomic mass is 15.2. The fourth-order valence-corrected chi connectivity index (χ4v) is 1.53. The Kier molecular flexibility index (Phi) is 5.73. The highest BCUT2D eigenvalue weighted by Crippen LogP contribution is 2.19. The van der Waals surface area contributed by atoms with Gasteiger partial charge in [-0.15, -0.1) is 0 Å². The Bertz CT molecular complexity index is 144. The summed E-state index contributed by atoms with van der Waals surface area (Å²) in [6, 6.07) is 0. The zero-order valence-corrected chi connectivity index (χ0v) is 11.2. The molecule has 0 aliphatic rings. The predicted molar refractivity (Wildman–Crippen MR) is 65.6 cm³/mol. The van der Waals surface area contributed by atoms with E-state index in [1.165, 1.54) is 19.5 Å². The van der Waals surface area contributed by atoms with E-state index < -0.39 is 0 Å². The minimum Gasteiger partial charge on any atom is -0.298 e. The SMILES string of the molecule is CCCN(CC(C)C(C)C)C(C)(C)C. The summed E-state index contributed by atoms with van der Waals surface area (Å²) in [6.07, 6.45) is 1.25. The molecule has 14 heavy (non-hydrogen) atoms. The highest BCUT2D eigenvalue weighted by Gasteiger charge is 2.22. The van der Waals surface area contributed by atoms with E-state index in [1.807, 2.05) is 0 Å². The first kappa shape index (κ1) is 14.0. The number of hydrogen-bond donors (Lipinski definition) is 0. The largest absolute Gasteiger partial charge is 0.298 e. The van der Waals surface area contributed by atoms with Crippen LogP contribution in [0.2, 0.25) is 0 Å². The van der Waals surface area contributed by atoms with Crippen LogP contribution in [0.5, 0.6) is 0 Å². The van der Waals surface area contributed by atoms with Crippen molar-refractivity contribution in [2.24, 2.45) is 11.8 Å². The van der Waals surface area contributed by atoms with Crippen LogP contribution in [0.3, 0.4) is 0 Å². The van der Waals surface area contributed by atoms with Crippen LogP contribution in [0, 0.1) is 11.8 Å². The predicted octanol–water partition coefficient (Wildman–Crippen LogP) is 3.79. The van der Waals surface area contributed by atoms with Crippen LogP contribution in [0.1, 0.15) is 54.9 Å². The highest BCUT2D eigenvalue weighted by molar-refractivity contribution is 4.78. The van der Waals surface area contributed by atoms with Crippen LogP contribution in [-0.4, -0.2) is 23.5 Å². The molecule has 1 atom stereocenters. The molecule has 86 valence electrons. The molecule has 0 amide bonds. The molecule has 1 heteroatoms. The Hall–Kier alpha value is -0.0400. The lowest BCUT2D eigenvalue weighted by atomic mass is 9.95. The van der Waals surface area contributed by atoms with Crippen LogP contribution in [-0.2, 0) is 0 Å². The molecule has 0 heterocycles. The number of hydrogen-bond acceptors (Lipinski definition) is 1. The molecule has 0 aromatic rings. The molecular weight excluding hydrogens is 170 g/mol. The second-order valence-corrected chi connectivity index (χ2v) is 5.84. The van der Waals surface area contributed by atoms with E-state index in [0.29, 0.717) is 5.54 Å². The molecule has 0 radical (unpaired) electrons. The van der Waals surface area contributed by atoms with Crippen molar-refractivity contribution < 1.29 is 0 Å². The fourth-order valence-electron chi connectivity index (χ4n) is 1.53. The first-order valence-corrected chi connectivity index (χ1v) is 6.04. The van der Waals surface area contributed by atoms with Gasteiger partial charge in [-0.25, -0.2) is 0 Å². The van der Waals surface area contributed by atoms with Gasteiger partial charge in [-0.05, 0) is 45.6 Å². The first-order valence-electron chi connectivity index (χ1n) is 6.04. The lowest BCUT2D eigenvalue weighted by Crippen LogP contribution is -2.44.